The molecule has 7 nitrogen and oxygen atoms in total. The zero-order valence-electron chi connectivity index (χ0n) is 18.0. The Bertz CT molecular complexity index is 1180. The van der Waals surface area contributed by atoms with E-state index in [1.807, 2.05) is 0 Å². The van der Waals surface area contributed by atoms with Crippen LogP contribution >= 0.6 is 11.6 Å². The highest BCUT2D eigenvalue weighted by atomic mass is 35.5. The van der Waals surface area contributed by atoms with Gasteiger partial charge in [-0.2, -0.15) is 0 Å². The Morgan fingerprint density at radius 2 is 1.52 bits per heavy atom. The topological polar surface area (TPSA) is 104 Å². The minimum Gasteiger partial charge on any atom is -0.280 e. The molecule has 2 aromatic rings. The second-order valence-electron chi connectivity index (χ2n) is 9.75. The van der Waals surface area contributed by atoms with Crippen molar-refractivity contribution >= 4 is 39.1 Å². The molecule has 0 radical (unpaired) electrons. The van der Waals surface area contributed by atoms with Crippen LogP contribution in [0.3, 0.4) is 0 Å². The van der Waals surface area contributed by atoms with E-state index in [1.54, 1.807) is 18.2 Å². The van der Waals surface area contributed by atoms with Crippen molar-refractivity contribution in [3.8, 4) is 0 Å². The molecule has 0 aromatic heterocycles. The van der Waals surface area contributed by atoms with Crippen LogP contribution in [0.1, 0.15) is 48.9 Å². The smallest absolute Gasteiger partial charge is 0.269 e. The van der Waals surface area contributed by atoms with Crippen molar-refractivity contribution in [2.24, 2.45) is 23.2 Å². The largest absolute Gasteiger partial charge is 0.280 e. The van der Waals surface area contributed by atoms with Crippen LogP contribution in [0.4, 0.5) is 5.69 Å². The lowest BCUT2D eigenvalue weighted by Crippen LogP contribution is -2.56. The molecule has 4 aliphatic carbocycles. The molecule has 9 heteroatoms. The summed E-state index contributed by atoms with van der Waals surface area (Å²) in [5.41, 5.74) is 5.19. The van der Waals surface area contributed by atoms with E-state index in [1.165, 1.54) is 49.6 Å². The van der Waals surface area contributed by atoms with E-state index >= 15 is 0 Å². The van der Waals surface area contributed by atoms with Gasteiger partial charge in [-0.05, 0) is 92.7 Å². The normalized spacial score (nSPS) is 27.7. The fourth-order valence-electron chi connectivity index (χ4n) is 6.28. The fraction of sp³-hybridized carbons (Fsp3) is 0.417. The molecule has 2 aromatic carbocycles. The van der Waals surface area contributed by atoms with Gasteiger partial charge in [0.25, 0.3) is 15.9 Å². The SMILES string of the molecule is O=C(NNC(=O)C12CC3CC(CC(C3)C1)C2)c1cccc(S(=O)(=O)Nc2cccc(Cl)c2)c1. The average Bonchev–Trinajstić information content (AvgIpc) is 2.76. The van der Waals surface area contributed by atoms with Crippen molar-refractivity contribution < 1.29 is 18.0 Å². The minimum atomic E-state index is -3.92. The standard InChI is InChI=1S/C24H26ClN3O4S/c25-19-4-2-5-20(11-19)28-33(31,32)21-6-1-3-18(10-21)22(29)26-27-23(30)24-12-15-7-16(13-24)9-17(8-15)14-24/h1-6,10-11,15-17,28H,7-9,12-14H2,(H,26,29)(H,27,30). The lowest BCUT2D eigenvalue weighted by molar-refractivity contribution is -0.147. The molecular weight excluding hydrogens is 462 g/mol. The molecule has 0 unspecified atom stereocenters. The summed E-state index contributed by atoms with van der Waals surface area (Å²) in [6.45, 7) is 0. The van der Waals surface area contributed by atoms with Gasteiger partial charge in [0, 0.05) is 10.6 Å². The molecule has 4 bridgehead atoms. The monoisotopic (exact) mass is 487 g/mol. The molecule has 0 spiro atoms. The first kappa shape index (κ1) is 22.2. The van der Waals surface area contributed by atoms with E-state index in [2.05, 4.69) is 15.6 Å². The molecule has 6 rings (SSSR count). The summed E-state index contributed by atoms with van der Waals surface area (Å²) in [6, 6.07) is 12.0. The van der Waals surface area contributed by atoms with Crippen molar-refractivity contribution in [1.82, 2.24) is 10.9 Å². The van der Waals surface area contributed by atoms with E-state index in [4.69, 9.17) is 11.6 Å². The number of hydrogen-bond acceptors (Lipinski definition) is 4. The summed E-state index contributed by atoms with van der Waals surface area (Å²) in [5.74, 6) is 1.17. The second kappa shape index (κ2) is 8.33. The zero-order chi connectivity index (χ0) is 23.2. The molecule has 4 saturated carbocycles. The molecule has 174 valence electrons. The highest BCUT2D eigenvalue weighted by molar-refractivity contribution is 7.92. The summed E-state index contributed by atoms with van der Waals surface area (Å²) < 4.78 is 28.0. The summed E-state index contributed by atoms with van der Waals surface area (Å²) >= 11 is 5.92. The number of halogens is 1. The summed E-state index contributed by atoms with van der Waals surface area (Å²) in [5, 5.41) is 0.401. The number of hydrogen-bond donors (Lipinski definition) is 3. The molecule has 0 heterocycles. The lowest BCUT2D eigenvalue weighted by atomic mass is 9.49. The third kappa shape index (κ3) is 4.46. The minimum absolute atomic E-state index is 0.0671. The van der Waals surface area contributed by atoms with Gasteiger partial charge in [-0.1, -0.05) is 23.7 Å². The maximum atomic E-state index is 13.0. The van der Waals surface area contributed by atoms with Crippen molar-refractivity contribution in [3.63, 3.8) is 0 Å². The zero-order valence-corrected chi connectivity index (χ0v) is 19.6. The Hall–Kier alpha value is -2.58. The summed E-state index contributed by atoms with van der Waals surface area (Å²) in [6.07, 6.45) is 6.35. The molecule has 3 N–H and O–H groups in total. The Labute approximate surface area is 198 Å². The van der Waals surface area contributed by atoms with E-state index in [0.29, 0.717) is 28.5 Å². The van der Waals surface area contributed by atoms with Gasteiger partial charge in [0.15, 0.2) is 0 Å². The van der Waals surface area contributed by atoms with Gasteiger partial charge in [0.1, 0.15) is 0 Å². The molecule has 0 aliphatic heterocycles. The summed E-state index contributed by atoms with van der Waals surface area (Å²) in [4.78, 5) is 25.7. The number of carbonyl (C=O) groups is 2. The van der Waals surface area contributed by atoms with E-state index < -0.39 is 15.9 Å². The van der Waals surface area contributed by atoms with Crippen molar-refractivity contribution in [3.05, 3.63) is 59.1 Å². The Balaban J connectivity index is 1.25. The number of carbonyl (C=O) groups excluding carboxylic acids is 2. The van der Waals surface area contributed by atoms with Crippen molar-refractivity contribution in [2.45, 2.75) is 43.4 Å². The molecule has 2 amide bonds. The molecule has 0 atom stereocenters. The van der Waals surface area contributed by atoms with Crippen LogP contribution in [0.25, 0.3) is 0 Å². The van der Waals surface area contributed by atoms with Gasteiger partial charge in [0.2, 0.25) is 5.91 Å². The quantitative estimate of drug-likeness (QED) is 0.552. The Morgan fingerprint density at radius 1 is 0.879 bits per heavy atom. The second-order valence-corrected chi connectivity index (χ2v) is 11.9. The van der Waals surface area contributed by atoms with Gasteiger partial charge >= 0.3 is 0 Å². The van der Waals surface area contributed by atoms with Crippen LogP contribution in [-0.4, -0.2) is 20.2 Å². The first-order chi connectivity index (χ1) is 15.7. The van der Waals surface area contributed by atoms with Gasteiger partial charge in [-0.25, -0.2) is 8.42 Å². The van der Waals surface area contributed by atoms with Crippen LogP contribution < -0.4 is 15.6 Å². The predicted molar refractivity (Wildman–Crippen MR) is 125 cm³/mol. The number of amides is 2. The fourth-order valence-corrected chi connectivity index (χ4v) is 7.56. The Morgan fingerprint density at radius 3 is 2.15 bits per heavy atom. The van der Waals surface area contributed by atoms with Crippen LogP contribution in [0.5, 0.6) is 0 Å². The van der Waals surface area contributed by atoms with Crippen LogP contribution in [-0.2, 0) is 14.8 Å². The number of rotatable bonds is 5. The van der Waals surface area contributed by atoms with Gasteiger partial charge < -0.3 is 0 Å². The first-order valence-electron chi connectivity index (χ1n) is 11.2. The van der Waals surface area contributed by atoms with Crippen molar-refractivity contribution in [2.75, 3.05) is 4.72 Å². The summed E-state index contributed by atoms with van der Waals surface area (Å²) in [7, 11) is -3.92. The third-order valence-electron chi connectivity index (χ3n) is 7.29. The molecular formula is C24H26ClN3O4S. The number of benzene rings is 2. The maximum absolute atomic E-state index is 13.0. The van der Waals surface area contributed by atoms with Crippen LogP contribution in [0, 0.1) is 23.2 Å². The lowest BCUT2D eigenvalue weighted by Gasteiger charge is -2.55. The Kier molecular flexibility index (Phi) is 5.61. The molecule has 4 fully saturated rings. The van der Waals surface area contributed by atoms with Crippen molar-refractivity contribution in [1.29, 1.82) is 0 Å². The van der Waals surface area contributed by atoms with E-state index in [-0.39, 0.29) is 21.8 Å². The van der Waals surface area contributed by atoms with Gasteiger partial charge in [-0.3, -0.25) is 25.2 Å². The number of nitrogens with one attached hydrogen (secondary N) is 3. The maximum Gasteiger partial charge on any atom is 0.269 e. The molecule has 33 heavy (non-hydrogen) atoms. The third-order valence-corrected chi connectivity index (χ3v) is 8.91. The number of anilines is 1. The number of sulfonamides is 1. The van der Waals surface area contributed by atoms with Crippen LogP contribution in [0.2, 0.25) is 5.02 Å². The van der Waals surface area contributed by atoms with E-state index in [0.717, 1.165) is 19.3 Å². The van der Waals surface area contributed by atoms with E-state index in [9.17, 15) is 18.0 Å². The van der Waals surface area contributed by atoms with Crippen LogP contribution in [0.15, 0.2) is 53.4 Å². The predicted octanol–water partition coefficient (Wildman–Crippen LogP) is 4.12. The average molecular weight is 488 g/mol. The van der Waals surface area contributed by atoms with Gasteiger partial charge in [0.05, 0.1) is 16.0 Å². The molecule has 0 saturated heterocycles. The number of hydrazine groups is 1. The van der Waals surface area contributed by atoms with Gasteiger partial charge in [-0.15, -0.1) is 0 Å². The molecule has 4 aliphatic rings. The highest BCUT2D eigenvalue weighted by Crippen LogP contribution is 2.60. The first-order valence-corrected chi connectivity index (χ1v) is 13.1. The highest BCUT2D eigenvalue weighted by Gasteiger charge is 2.54.